The predicted octanol–water partition coefficient (Wildman–Crippen LogP) is -2.48. The van der Waals surface area contributed by atoms with Gasteiger partial charge in [-0.05, 0) is 0 Å². The minimum atomic E-state index is -1.63. The lowest BCUT2D eigenvalue weighted by Gasteiger charge is -2.46. The van der Waals surface area contributed by atoms with Crippen LogP contribution in [0.5, 0.6) is 0 Å². The maximum absolute atomic E-state index is 11.8. The molecule has 3 aliphatic heterocycles. The molecule has 0 unspecified atom stereocenters. The van der Waals surface area contributed by atoms with E-state index in [-0.39, 0.29) is 18.6 Å². The molecule has 2 saturated heterocycles. The molecule has 0 aromatic heterocycles. The van der Waals surface area contributed by atoms with Crippen molar-refractivity contribution in [1.82, 2.24) is 0 Å². The van der Waals surface area contributed by atoms with Gasteiger partial charge in [-0.15, -0.1) is 6.58 Å². The molecule has 3 heterocycles. The lowest BCUT2D eigenvalue weighted by atomic mass is 9.76. The van der Waals surface area contributed by atoms with Crippen LogP contribution in [0.4, 0.5) is 0 Å². The Bertz CT molecular complexity index is 590. The summed E-state index contributed by atoms with van der Waals surface area (Å²) in [7, 11) is 0. The highest BCUT2D eigenvalue weighted by Gasteiger charge is 2.54. The van der Waals surface area contributed by atoms with E-state index in [1.807, 2.05) is 0 Å². The van der Waals surface area contributed by atoms with E-state index in [0.29, 0.717) is 0 Å². The van der Waals surface area contributed by atoms with Crippen molar-refractivity contribution in [2.75, 3.05) is 13.2 Å². The Morgan fingerprint density at radius 3 is 2.65 bits per heavy atom. The zero-order valence-corrected chi connectivity index (χ0v) is 13.8. The summed E-state index contributed by atoms with van der Waals surface area (Å²) in [6.07, 6.45) is -6.10. The highest BCUT2D eigenvalue weighted by Crippen LogP contribution is 2.42. The van der Waals surface area contributed by atoms with Gasteiger partial charge in [0.2, 0.25) is 6.29 Å². The highest BCUT2D eigenvalue weighted by molar-refractivity contribution is 5.91. The van der Waals surface area contributed by atoms with Crippen molar-refractivity contribution in [2.24, 2.45) is 5.92 Å². The van der Waals surface area contributed by atoms with Crippen LogP contribution in [0, 0.1) is 5.92 Å². The lowest BCUT2D eigenvalue weighted by molar-refractivity contribution is -0.344. The van der Waals surface area contributed by atoms with Gasteiger partial charge in [0.1, 0.15) is 35.6 Å². The summed E-state index contributed by atoms with van der Waals surface area (Å²) in [4.78, 5) is 11.8. The number of rotatable bonds is 4. The maximum atomic E-state index is 11.8. The Hall–Kier alpha value is -1.53. The largest absolute Gasteiger partial charge is 0.471 e. The first-order chi connectivity index (χ1) is 12.3. The molecule has 0 spiro atoms. The molecule has 0 bridgehead atoms. The van der Waals surface area contributed by atoms with Crippen LogP contribution in [-0.4, -0.2) is 87.3 Å². The zero-order chi connectivity index (χ0) is 19.1. The third kappa shape index (κ3) is 3.03. The van der Waals surface area contributed by atoms with Crippen LogP contribution in [0.2, 0.25) is 0 Å². The Morgan fingerprint density at radius 2 is 2.00 bits per heavy atom. The minimum Gasteiger partial charge on any atom is -0.471 e. The van der Waals surface area contributed by atoms with Crippen LogP contribution in [0.3, 0.4) is 0 Å². The predicted molar refractivity (Wildman–Crippen MR) is 82.0 cm³/mol. The number of aliphatic hydroxyl groups excluding tert-OH is 4. The Kier molecular flexibility index (Phi) is 5.35. The smallest absolute Gasteiger partial charge is 0.340 e. The fourth-order valence-electron chi connectivity index (χ4n) is 3.36. The molecule has 0 aliphatic carbocycles. The Morgan fingerprint density at radius 1 is 1.27 bits per heavy atom. The third-order valence-electron chi connectivity index (χ3n) is 4.94. The molecular formula is C16H22O10. The van der Waals surface area contributed by atoms with Crippen molar-refractivity contribution in [3.63, 3.8) is 0 Å². The van der Waals surface area contributed by atoms with Gasteiger partial charge in [0.15, 0.2) is 6.29 Å². The molecule has 0 saturated carbocycles. The van der Waals surface area contributed by atoms with Crippen LogP contribution in [0.1, 0.15) is 6.42 Å². The van der Waals surface area contributed by atoms with Crippen LogP contribution < -0.4 is 0 Å². The van der Waals surface area contributed by atoms with Gasteiger partial charge in [0, 0.05) is 6.42 Å². The first kappa shape index (κ1) is 19.2. The molecule has 8 atom stereocenters. The quantitative estimate of drug-likeness (QED) is 0.264. The van der Waals surface area contributed by atoms with Gasteiger partial charge in [-0.3, -0.25) is 0 Å². The molecule has 3 aliphatic rings. The molecule has 10 nitrogen and oxygen atoms in total. The molecule has 146 valence electrons. The third-order valence-corrected chi connectivity index (χ3v) is 4.94. The van der Waals surface area contributed by atoms with Crippen molar-refractivity contribution in [1.29, 1.82) is 0 Å². The number of esters is 1. The summed E-state index contributed by atoms with van der Waals surface area (Å²) in [5.41, 5.74) is -1.70. The van der Waals surface area contributed by atoms with Crippen molar-refractivity contribution in [2.45, 2.75) is 49.0 Å². The number of aliphatic hydroxyl groups is 5. The minimum absolute atomic E-state index is 0.00375. The summed E-state index contributed by atoms with van der Waals surface area (Å²) in [5.74, 6) is -1.61. The lowest BCUT2D eigenvalue weighted by Crippen LogP contribution is -2.61. The van der Waals surface area contributed by atoms with E-state index in [0.717, 1.165) is 6.26 Å². The van der Waals surface area contributed by atoms with Gasteiger partial charge in [-0.25, -0.2) is 4.79 Å². The summed E-state index contributed by atoms with van der Waals surface area (Å²) in [5, 5.41) is 49.9. The Balaban J connectivity index is 1.81. The summed E-state index contributed by atoms with van der Waals surface area (Å²) < 4.78 is 21.1. The molecule has 5 N–H and O–H groups in total. The second-order valence-corrected chi connectivity index (χ2v) is 6.44. The van der Waals surface area contributed by atoms with Crippen LogP contribution >= 0.6 is 0 Å². The SMILES string of the molecule is C=C[C@H]1[C@H](O[C@H]2O[C@H](CO)[C@@H](O)[C@H](O)[C@H]2O)OC=C2C(=O)OCC[C@]21O. The van der Waals surface area contributed by atoms with Gasteiger partial charge in [0.05, 0.1) is 25.4 Å². The second kappa shape index (κ2) is 7.24. The van der Waals surface area contributed by atoms with Crippen molar-refractivity contribution >= 4 is 5.97 Å². The number of ether oxygens (including phenoxy) is 4. The molecule has 2 fully saturated rings. The molecule has 26 heavy (non-hydrogen) atoms. The number of carbonyl (C=O) groups excluding carboxylic acids is 1. The van der Waals surface area contributed by atoms with E-state index in [1.165, 1.54) is 6.08 Å². The van der Waals surface area contributed by atoms with Gasteiger partial charge in [-0.2, -0.15) is 0 Å². The molecule has 10 heteroatoms. The molecule has 0 aromatic carbocycles. The van der Waals surface area contributed by atoms with E-state index in [2.05, 4.69) is 6.58 Å². The number of hydrogen-bond donors (Lipinski definition) is 5. The number of carbonyl (C=O) groups is 1. The second-order valence-electron chi connectivity index (χ2n) is 6.44. The molecular weight excluding hydrogens is 352 g/mol. The molecule has 3 rings (SSSR count). The van der Waals surface area contributed by atoms with E-state index in [4.69, 9.17) is 18.9 Å². The topological polar surface area (TPSA) is 155 Å². The first-order valence-corrected chi connectivity index (χ1v) is 8.17. The maximum Gasteiger partial charge on any atom is 0.340 e. The Labute approximate surface area is 148 Å². The van der Waals surface area contributed by atoms with Crippen molar-refractivity contribution < 1.29 is 49.3 Å². The van der Waals surface area contributed by atoms with Crippen LogP contribution in [-0.2, 0) is 23.7 Å². The first-order valence-electron chi connectivity index (χ1n) is 8.17. The number of cyclic esters (lactones) is 1. The summed E-state index contributed by atoms with van der Waals surface area (Å²) in [6, 6.07) is 0. The standard InChI is InChI=1S/C16H22O10/c1-2-7-14(24-6-8-13(21)23-4-3-16(7,8)22)26-15-12(20)11(19)10(18)9(5-17)25-15/h2,6-7,9-12,14-15,17-20,22H,1,3-5H2/t7-,9+,10+,11-,12+,14-,15+,16+/m0/s1. The van der Waals surface area contributed by atoms with Gasteiger partial charge in [-0.1, -0.05) is 6.08 Å². The summed E-state index contributed by atoms with van der Waals surface area (Å²) >= 11 is 0. The normalized spacial score (nSPS) is 45.8. The average Bonchev–Trinajstić information content (AvgIpc) is 2.61. The van der Waals surface area contributed by atoms with Crippen molar-refractivity contribution in [3.05, 3.63) is 24.5 Å². The van der Waals surface area contributed by atoms with Gasteiger partial charge >= 0.3 is 5.97 Å². The highest BCUT2D eigenvalue weighted by atomic mass is 16.8. The molecule has 0 aromatic rings. The van der Waals surface area contributed by atoms with E-state index < -0.39 is 61.1 Å². The number of hydrogen-bond acceptors (Lipinski definition) is 10. The fourth-order valence-corrected chi connectivity index (χ4v) is 3.36. The monoisotopic (exact) mass is 374 g/mol. The van der Waals surface area contributed by atoms with E-state index in [1.54, 1.807) is 0 Å². The van der Waals surface area contributed by atoms with E-state index in [9.17, 15) is 30.3 Å². The molecule has 0 amide bonds. The fraction of sp³-hybridized carbons (Fsp3) is 0.688. The van der Waals surface area contributed by atoms with Gasteiger partial charge in [0.25, 0.3) is 0 Å². The van der Waals surface area contributed by atoms with Crippen LogP contribution in [0.25, 0.3) is 0 Å². The molecule has 0 radical (unpaired) electrons. The van der Waals surface area contributed by atoms with Crippen LogP contribution in [0.15, 0.2) is 24.5 Å². The zero-order valence-electron chi connectivity index (χ0n) is 13.8. The van der Waals surface area contributed by atoms with Gasteiger partial charge < -0.3 is 44.5 Å². The van der Waals surface area contributed by atoms with Crippen molar-refractivity contribution in [3.8, 4) is 0 Å². The van der Waals surface area contributed by atoms with E-state index >= 15 is 0 Å². The number of fused-ring (bicyclic) bond motifs is 1. The summed E-state index contributed by atoms with van der Waals surface area (Å²) in [6.45, 7) is 3.03. The average molecular weight is 374 g/mol.